The van der Waals surface area contributed by atoms with E-state index in [0.29, 0.717) is 0 Å². The van der Waals surface area contributed by atoms with Crippen LogP contribution in [0.1, 0.15) is 24.5 Å². The Bertz CT molecular complexity index is 347. The Morgan fingerprint density at radius 1 is 1.47 bits per heavy atom. The van der Waals surface area contributed by atoms with Gasteiger partial charge in [-0.15, -0.1) is 0 Å². The topological polar surface area (TPSA) is 49.3 Å². The lowest BCUT2D eigenvalue weighted by molar-refractivity contribution is -0.136. The van der Waals surface area contributed by atoms with Gasteiger partial charge in [-0.1, -0.05) is 19.1 Å². The molecule has 0 aromatic heterocycles. The standard InChI is InChI=1S/C12H17NO2/c1-3-6-13-11-5-4-10(7-9(11)2)8-12(14)15/h4-5,7,13H,3,6,8H2,1-2H3,(H,14,15). The Morgan fingerprint density at radius 3 is 2.73 bits per heavy atom. The molecule has 0 saturated heterocycles. The summed E-state index contributed by atoms with van der Waals surface area (Å²) in [4.78, 5) is 10.5. The lowest BCUT2D eigenvalue weighted by Gasteiger charge is -2.09. The maximum Gasteiger partial charge on any atom is 0.307 e. The maximum absolute atomic E-state index is 10.5. The number of carbonyl (C=O) groups is 1. The minimum atomic E-state index is -0.788. The molecular formula is C12H17NO2. The highest BCUT2D eigenvalue weighted by Gasteiger charge is 2.03. The van der Waals surface area contributed by atoms with E-state index in [1.54, 1.807) is 0 Å². The first kappa shape index (κ1) is 11.6. The number of hydrogen-bond acceptors (Lipinski definition) is 2. The Labute approximate surface area is 90.1 Å². The fourth-order valence-electron chi connectivity index (χ4n) is 1.47. The van der Waals surface area contributed by atoms with Gasteiger partial charge in [0.25, 0.3) is 0 Å². The van der Waals surface area contributed by atoms with E-state index in [2.05, 4.69) is 12.2 Å². The third kappa shape index (κ3) is 3.62. The van der Waals surface area contributed by atoms with Crippen LogP contribution >= 0.6 is 0 Å². The zero-order valence-corrected chi connectivity index (χ0v) is 9.21. The molecule has 1 rings (SSSR count). The molecule has 3 heteroatoms. The number of aryl methyl sites for hydroxylation is 1. The summed E-state index contributed by atoms with van der Waals surface area (Å²) in [6, 6.07) is 5.73. The fourth-order valence-corrected chi connectivity index (χ4v) is 1.47. The fraction of sp³-hybridized carbons (Fsp3) is 0.417. The van der Waals surface area contributed by atoms with E-state index in [9.17, 15) is 4.79 Å². The predicted molar refractivity (Wildman–Crippen MR) is 61.3 cm³/mol. The quantitative estimate of drug-likeness (QED) is 0.779. The third-order valence-corrected chi connectivity index (χ3v) is 2.21. The van der Waals surface area contributed by atoms with Crippen LogP contribution in [0.2, 0.25) is 0 Å². The van der Waals surface area contributed by atoms with Crippen molar-refractivity contribution in [3.05, 3.63) is 29.3 Å². The van der Waals surface area contributed by atoms with Crippen LogP contribution in [0.15, 0.2) is 18.2 Å². The third-order valence-electron chi connectivity index (χ3n) is 2.21. The van der Waals surface area contributed by atoms with Crippen LogP contribution in [0.3, 0.4) is 0 Å². The molecule has 0 aliphatic carbocycles. The van der Waals surface area contributed by atoms with Gasteiger partial charge in [0.05, 0.1) is 6.42 Å². The van der Waals surface area contributed by atoms with Crippen molar-refractivity contribution in [2.75, 3.05) is 11.9 Å². The molecular weight excluding hydrogens is 190 g/mol. The highest BCUT2D eigenvalue weighted by atomic mass is 16.4. The van der Waals surface area contributed by atoms with Crippen molar-refractivity contribution in [1.29, 1.82) is 0 Å². The molecule has 82 valence electrons. The molecule has 0 amide bonds. The van der Waals surface area contributed by atoms with Crippen LogP contribution in [0.25, 0.3) is 0 Å². The maximum atomic E-state index is 10.5. The average molecular weight is 207 g/mol. The first-order valence-corrected chi connectivity index (χ1v) is 5.18. The summed E-state index contributed by atoms with van der Waals surface area (Å²) in [6.45, 7) is 5.05. The summed E-state index contributed by atoms with van der Waals surface area (Å²) in [5.41, 5.74) is 3.04. The van der Waals surface area contributed by atoms with Crippen LogP contribution in [-0.4, -0.2) is 17.6 Å². The van der Waals surface area contributed by atoms with E-state index < -0.39 is 5.97 Å². The second-order valence-electron chi connectivity index (χ2n) is 3.65. The van der Waals surface area contributed by atoms with Gasteiger partial charge in [0.15, 0.2) is 0 Å². The molecule has 15 heavy (non-hydrogen) atoms. The molecule has 1 aromatic rings. The molecule has 0 aliphatic rings. The number of aliphatic carboxylic acids is 1. The normalized spacial score (nSPS) is 10.0. The highest BCUT2D eigenvalue weighted by molar-refractivity contribution is 5.70. The number of hydrogen-bond donors (Lipinski definition) is 2. The summed E-state index contributed by atoms with van der Waals surface area (Å²) < 4.78 is 0. The molecule has 0 unspecified atom stereocenters. The van der Waals surface area contributed by atoms with Crippen LogP contribution in [0.4, 0.5) is 5.69 Å². The monoisotopic (exact) mass is 207 g/mol. The molecule has 0 spiro atoms. The van der Waals surface area contributed by atoms with Gasteiger partial charge in [0.2, 0.25) is 0 Å². The molecule has 1 aromatic carbocycles. The summed E-state index contributed by atoms with van der Waals surface area (Å²) in [7, 11) is 0. The van der Waals surface area contributed by atoms with Crippen molar-refractivity contribution in [2.45, 2.75) is 26.7 Å². The Morgan fingerprint density at radius 2 is 2.20 bits per heavy atom. The summed E-state index contributed by atoms with van der Waals surface area (Å²) in [6.07, 6.45) is 1.17. The first-order chi connectivity index (χ1) is 7.13. The van der Waals surface area contributed by atoms with E-state index >= 15 is 0 Å². The minimum absolute atomic E-state index is 0.0922. The lowest BCUT2D eigenvalue weighted by Crippen LogP contribution is -2.04. The Kier molecular flexibility index (Phi) is 4.16. The van der Waals surface area contributed by atoms with Crippen molar-refractivity contribution in [2.24, 2.45) is 0 Å². The molecule has 0 atom stereocenters. The number of anilines is 1. The van der Waals surface area contributed by atoms with Gasteiger partial charge in [0, 0.05) is 12.2 Å². The van der Waals surface area contributed by atoms with E-state index in [0.717, 1.165) is 29.8 Å². The molecule has 2 N–H and O–H groups in total. The van der Waals surface area contributed by atoms with Crippen molar-refractivity contribution in [3.8, 4) is 0 Å². The molecule has 0 saturated carbocycles. The number of nitrogens with one attached hydrogen (secondary N) is 1. The molecule has 0 fully saturated rings. The van der Waals surface area contributed by atoms with Gasteiger partial charge in [-0.3, -0.25) is 4.79 Å². The zero-order chi connectivity index (χ0) is 11.3. The second-order valence-corrected chi connectivity index (χ2v) is 3.65. The number of carboxylic acid groups (broad SMARTS) is 1. The minimum Gasteiger partial charge on any atom is -0.481 e. The van der Waals surface area contributed by atoms with Crippen LogP contribution in [0, 0.1) is 6.92 Å². The van der Waals surface area contributed by atoms with E-state index in [1.165, 1.54) is 0 Å². The predicted octanol–water partition coefficient (Wildman–Crippen LogP) is 2.44. The lowest BCUT2D eigenvalue weighted by atomic mass is 10.1. The Balaban J connectivity index is 2.74. The van der Waals surface area contributed by atoms with Crippen molar-refractivity contribution >= 4 is 11.7 Å². The van der Waals surface area contributed by atoms with Gasteiger partial charge in [-0.05, 0) is 30.5 Å². The molecule has 0 heterocycles. The SMILES string of the molecule is CCCNc1ccc(CC(=O)O)cc1C. The summed E-state index contributed by atoms with van der Waals surface area (Å²) in [5, 5.41) is 11.9. The van der Waals surface area contributed by atoms with E-state index in [1.807, 2.05) is 25.1 Å². The number of rotatable bonds is 5. The van der Waals surface area contributed by atoms with Gasteiger partial charge in [-0.25, -0.2) is 0 Å². The van der Waals surface area contributed by atoms with E-state index in [-0.39, 0.29) is 6.42 Å². The number of benzene rings is 1. The van der Waals surface area contributed by atoms with Gasteiger partial charge in [0.1, 0.15) is 0 Å². The van der Waals surface area contributed by atoms with E-state index in [4.69, 9.17) is 5.11 Å². The van der Waals surface area contributed by atoms with Crippen molar-refractivity contribution < 1.29 is 9.90 Å². The van der Waals surface area contributed by atoms with Crippen molar-refractivity contribution in [3.63, 3.8) is 0 Å². The smallest absolute Gasteiger partial charge is 0.307 e. The van der Waals surface area contributed by atoms with Crippen LogP contribution in [-0.2, 0) is 11.2 Å². The molecule has 3 nitrogen and oxygen atoms in total. The zero-order valence-electron chi connectivity index (χ0n) is 9.21. The Hall–Kier alpha value is -1.51. The van der Waals surface area contributed by atoms with Gasteiger partial charge in [-0.2, -0.15) is 0 Å². The second kappa shape index (κ2) is 5.39. The highest BCUT2D eigenvalue weighted by Crippen LogP contribution is 2.16. The molecule has 0 aliphatic heterocycles. The largest absolute Gasteiger partial charge is 0.481 e. The summed E-state index contributed by atoms with van der Waals surface area (Å²) in [5.74, 6) is -0.788. The molecule has 0 bridgehead atoms. The van der Waals surface area contributed by atoms with Crippen LogP contribution < -0.4 is 5.32 Å². The van der Waals surface area contributed by atoms with Crippen molar-refractivity contribution in [1.82, 2.24) is 0 Å². The number of carboxylic acids is 1. The van der Waals surface area contributed by atoms with Gasteiger partial charge < -0.3 is 10.4 Å². The molecule has 0 radical (unpaired) electrons. The van der Waals surface area contributed by atoms with Crippen LogP contribution in [0.5, 0.6) is 0 Å². The van der Waals surface area contributed by atoms with Gasteiger partial charge >= 0.3 is 5.97 Å². The summed E-state index contributed by atoms with van der Waals surface area (Å²) >= 11 is 0. The first-order valence-electron chi connectivity index (χ1n) is 5.18. The average Bonchev–Trinajstić information content (AvgIpc) is 2.15.